The Labute approximate surface area is 126 Å². The van der Waals surface area contributed by atoms with E-state index in [1.807, 2.05) is 0 Å². The molecule has 0 atom stereocenters. The summed E-state index contributed by atoms with van der Waals surface area (Å²) in [5, 5.41) is 8.88. The van der Waals surface area contributed by atoms with E-state index in [4.69, 9.17) is 5.11 Å². The monoisotopic (exact) mass is 377 g/mol. The molecular weight excluding hydrogens is 370 g/mol. The van der Waals surface area contributed by atoms with Crippen molar-refractivity contribution in [2.75, 3.05) is 4.72 Å². The average molecular weight is 378 g/mol. The fourth-order valence-electron chi connectivity index (χ4n) is 1.40. The molecule has 2 N–H and O–H groups in total. The second kappa shape index (κ2) is 5.46. The Morgan fingerprint density at radius 3 is 2.60 bits per heavy atom. The van der Waals surface area contributed by atoms with Crippen molar-refractivity contribution in [3.8, 4) is 0 Å². The van der Waals surface area contributed by atoms with Crippen LogP contribution in [0.15, 0.2) is 28.0 Å². The van der Waals surface area contributed by atoms with E-state index in [9.17, 15) is 13.2 Å². The van der Waals surface area contributed by atoms with Crippen LogP contribution in [0.1, 0.15) is 14.5 Å². The quantitative estimate of drug-likeness (QED) is 0.844. The number of carboxylic acids is 1. The molecule has 20 heavy (non-hydrogen) atoms. The van der Waals surface area contributed by atoms with E-state index in [0.717, 1.165) is 17.4 Å². The summed E-state index contributed by atoms with van der Waals surface area (Å²) in [4.78, 5) is 18.8. The van der Waals surface area contributed by atoms with Crippen molar-refractivity contribution in [2.45, 2.75) is 11.8 Å². The Kier molecular flexibility index (Phi) is 4.06. The van der Waals surface area contributed by atoms with Crippen LogP contribution in [0.5, 0.6) is 0 Å². The van der Waals surface area contributed by atoms with Gasteiger partial charge in [0, 0.05) is 4.88 Å². The molecule has 0 amide bonds. The van der Waals surface area contributed by atoms with Crippen LogP contribution >= 0.6 is 27.3 Å². The van der Waals surface area contributed by atoms with Crippen LogP contribution in [0.4, 0.5) is 5.82 Å². The summed E-state index contributed by atoms with van der Waals surface area (Å²) in [6.07, 6.45) is 2.60. The number of nitrogens with zero attached hydrogens (tertiary/aromatic N) is 2. The molecule has 2 aromatic rings. The molecule has 7 nitrogen and oxygen atoms in total. The number of anilines is 1. The molecule has 0 unspecified atom stereocenters. The van der Waals surface area contributed by atoms with Crippen molar-refractivity contribution in [3.05, 3.63) is 32.8 Å². The lowest BCUT2D eigenvalue weighted by Gasteiger charge is -2.05. The number of aromatic nitrogens is 2. The smallest absolute Gasteiger partial charge is 0.345 e. The third-order valence-corrected chi connectivity index (χ3v) is 5.29. The zero-order chi connectivity index (χ0) is 14.9. The van der Waals surface area contributed by atoms with E-state index in [2.05, 4.69) is 30.6 Å². The molecule has 10 heteroatoms. The van der Waals surface area contributed by atoms with Gasteiger partial charge in [-0.05, 0) is 28.9 Å². The van der Waals surface area contributed by atoms with Gasteiger partial charge in [0.25, 0.3) is 10.0 Å². The molecule has 0 bridgehead atoms. The summed E-state index contributed by atoms with van der Waals surface area (Å²) in [6, 6.07) is 1.12. The van der Waals surface area contributed by atoms with Gasteiger partial charge in [-0.1, -0.05) is 0 Å². The van der Waals surface area contributed by atoms with Gasteiger partial charge in [-0.2, -0.15) is 0 Å². The highest BCUT2D eigenvalue weighted by atomic mass is 79.9. The van der Waals surface area contributed by atoms with Crippen molar-refractivity contribution >= 4 is 49.1 Å². The molecule has 106 valence electrons. The van der Waals surface area contributed by atoms with Crippen molar-refractivity contribution in [2.24, 2.45) is 0 Å². The fraction of sp³-hybridized carbons (Fsp3) is 0.100. The van der Waals surface area contributed by atoms with Gasteiger partial charge in [-0.3, -0.25) is 4.72 Å². The number of aryl methyl sites for hydroxylation is 1. The number of hydrogen-bond acceptors (Lipinski definition) is 6. The van der Waals surface area contributed by atoms with Crippen LogP contribution in [0.3, 0.4) is 0 Å². The van der Waals surface area contributed by atoms with E-state index in [1.165, 1.54) is 12.4 Å². The minimum atomic E-state index is -3.89. The van der Waals surface area contributed by atoms with E-state index < -0.39 is 16.0 Å². The average Bonchev–Trinajstić information content (AvgIpc) is 2.75. The predicted molar refractivity (Wildman–Crippen MR) is 76.6 cm³/mol. The highest BCUT2D eigenvalue weighted by Crippen LogP contribution is 2.27. The van der Waals surface area contributed by atoms with Gasteiger partial charge >= 0.3 is 5.97 Å². The number of rotatable bonds is 4. The SMILES string of the molecule is Cc1sc(C(=O)O)cc1S(=O)(=O)Nc1cnc(Br)cn1. The van der Waals surface area contributed by atoms with E-state index >= 15 is 0 Å². The highest BCUT2D eigenvalue weighted by Gasteiger charge is 2.22. The number of sulfonamides is 1. The molecule has 2 heterocycles. The maximum Gasteiger partial charge on any atom is 0.345 e. The molecule has 0 radical (unpaired) electrons. The first-order valence-electron chi connectivity index (χ1n) is 5.13. The number of nitrogens with one attached hydrogen (secondary N) is 1. The zero-order valence-corrected chi connectivity index (χ0v) is 13.2. The molecule has 0 saturated carbocycles. The van der Waals surface area contributed by atoms with Gasteiger partial charge < -0.3 is 5.11 Å². The van der Waals surface area contributed by atoms with Crippen LogP contribution in [-0.4, -0.2) is 29.5 Å². The molecule has 2 rings (SSSR count). The van der Waals surface area contributed by atoms with Crippen LogP contribution in [0, 0.1) is 6.92 Å². The summed E-state index contributed by atoms with van der Waals surface area (Å²) in [5.74, 6) is -1.11. The first kappa shape index (κ1) is 14.9. The summed E-state index contributed by atoms with van der Waals surface area (Å²) in [5.41, 5.74) is 0. The molecule has 0 aliphatic carbocycles. The van der Waals surface area contributed by atoms with E-state index in [1.54, 1.807) is 6.92 Å². The van der Waals surface area contributed by atoms with Gasteiger partial charge in [0.15, 0.2) is 5.82 Å². The Morgan fingerprint density at radius 1 is 1.40 bits per heavy atom. The molecule has 0 aliphatic heterocycles. The normalized spacial score (nSPS) is 11.3. The standard InChI is InChI=1S/C10H8BrN3O4S2/c1-5-7(2-6(19-5)10(15)16)20(17,18)14-9-4-12-8(11)3-13-9/h2-4H,1H3,(H,13,14)(H,15,16). The summed E-state index contributed by atoms with van der Waals surface area (Å²) in [7, 11) is -3.89. The van der Waals surface area contributed by atoms with Gasteiger partial charge in [0.05, 0.1) is 12.4 Å². The first-order valence-corrected chi connectivity index (χ1v) is 8.23. The molecule has 2 aromatic heterocycles. The summed E-state index contributed by atoms with van der Waals surface area (Å²) >= 11 is 3.99. The predicted octanol–water partition coefficient (Wildman–Crippen LogP) is 2.11. The molecule has 0 aromatic carbocycles. The van der Waals surface area contributed by atoms with Crippen LogP contribution < -0.4 is 4.72 Å². The number of thiophene rings is 1. The minimum Gasteiger partial charge on any atom is -0.477 e. The van der Waals surface area contributed by atoms with Gasteiger partial charge in [0.1, 0.15) is 14.4 Å². The van der Waals surface area contributed by atoms with Crippen LogP contribution in [-0.2, 0) is 10.0 Å². The topological polar surface area (TPSA) is 109 Å². The number of hydrogen-bond donors (Lipinski definition) is 2. The molecule has 0 aliphatic rings. The maximum atomic E-state index is 12.2. The number of carboxylic acid groups (broad SMARTS) is 1. The Hall–Kier alpha value is -1.52. The molecule has 0 fully saturated rings. The lowest BCUT2D eigenvalue weighted by atomic mass is 10.4. The Bertz CT molecular complexity index is 755. The fourth-order valence-corrected chi connectivity index (χ4v) is 4.02. The van der Waals surface area contributed by atoms with Crippen molar-refractivity contribution in [1.82, 2.24) is 9.97 Å². The van der Waals surface area contributed by atoms with Gasteiger partial charge in [-0.15, -0.1) is 11.3 Å². The summed E-state index contributed by atoms with van der Waals surface area (Å²) in [6.45, 7) is 1.54. The molecular formula is C10H8BrN3O4S2. The third-order valence-electron chi connectivity index (χ3n) is 2.23. The lowest BCUT2D eigenvalue weighted by Crippen LogP contribution is -2.14. The van der Waals surface area contributed by atoms with Crippen molar-refractivity contribution < 1.29 is 18.3 Å². The lowest BCUT2D eigenvalue weighted by molar-refractivity contribution is 0.0702. The zero-order valence-electron chi connectivity index (χ0n) is 9.99. The van der Waals surface area contributed by atoms with Gasteiger partial charge in [0.2, 0.25) is 0 Å². The maximum absolute atomic E-state index is 12.2. The molecule has 0 saturated heterocycles. The first-order chi connectivity index (χ1) is 9.29. The largest absolute Gasteiger partial charge is 0.477 e. The second-order valence-corrected chi connectivity index (χ2v) is 7.39. The highest BCUT2D eigenvalue weighted by molar-refractivity contribution is 9.10. The molecule has 0 spiro atoms. The number of halogens is 1. The van der Waals surface area contributed by atoms with Crippen LogP contribution in [0.25, 0.3) is 0 Å². The van der Waals surface area contributed by atoms with Gasteiger partial charge in [-0.25, -0.2) is 23.2 Å². The van der Waals surface area contributed by atoms with Crippen LogP contribution in [0.2, 0.25) is 0 Å². The van der Waals surface area contributed by atoms with E-state index in [-0.39, 0.29) is 15.6 Å². The summed E-state index contributed by atoms with van der Waals surface area (Å²) < 4.78 is 27.1. The van der Waals surface area contributed by atoms with Crippen molar-refractivity contribution in [3.63, 3.8) is 0 Å². The Morgan fingerprint density at radius 2 is 2.10 bits per heavy atom. The third kappa shape index (κ3) is 3.14. The van der Waals surface area contributed by atoms with E-state index in [0.29, 0.717) is 9.48 Å². The Balaban J connectivity index is 2.35. The minimum absolute atomic E-state index is 0.0373. The number of carbonyl (C=O) groups is 1. The number of aromatic carboxylic acids is 1. The second-order valence-electron chi connectivity index (χ2n) is 3.67. The van der Waals surface area contributed by atoms with Crippen molar-refractivity contribution in [1.29, 1.82) is 0 Å².